The van der Waals surface area contributed by atoms with Gasteiger partial charge < -0.3 is 14.5 Å². The minimum absolute atomic E-state index is 0.119. The SMILES string of the molecule is Cc1ccc(C(=O)N2CCO[C@@H](CN3CCCC3)[C@@H]2c2ccccc2)c(F)c1. The van der Waals surface area contributed by atoms with Crippen molar-refractivity contribution in [2.75, 3.05) is 32.8 Å². The van der Waals surface area contributed by atoms with E-state index in [2.05, 4.69) is 4.90 Å². The van der Waals surface area contributed by atoms with Gasteiger partial charge in [-0.3, -0.25) is 4.79 Å². The molecule has 2 aromatic carbocycles. The number of hydrogen-bond donors (Lipinski definition) is 0. The molecule has 2 aromatic rings. The molecule has 1 amide bonds. The van der Waals surface area contributed by atoms with Crippen molar-refractivity contribution in [1.82, 2.24) is 9.80 Å². The zero-order valence-corrected chi connectivity index (χ0v) is 16.3. The Morgan fingerprint density at radius 3 is 2.57 bits per heavy atom. The maximum absolute atomic E-state index is 14.5. The average Bonchev–Trinajstić information content (AvgIpc) is 3.21. The molecule has 2 aliphatic rings. The van der Waals surface area contributed by atoms with E-state index in [9.17, 15) is 9.18 Å². The van der Waals surface area contributed by atoms with Crippen LogP contribution in [0, 0.1) is 12.7 Å². The van der Waals surface area contributed by atoms with E-state index in [0.717, 1.165) is 30.8 Å². The van der Waals surface area contributed by atoms with E-state index in [1.54, 1.807) is 17.0 Å². The quantitative estimate of drug-likeness (QED) is 0.806. The number of aryl methyl sites for hydroxylation is 1. The van der Waals surface area contributed by atoms with Crippen molar-refractivity contribution in [3.05, 3.63) is 71.0 Å². The van der Waals surface area contributed by atoms with Crippen LogP contribution in [-0.2, 0) is 4.74 Å². The summed E-state index contributed by atoms with van der Waals surface area (Å²) in [4.78, 5) is 17.5. The van der Waals surface area contributed by atoms with E-state index in [1.807, 2.05) is 37.3 Å². The third-order valence-corrected chi connectivity index (χ3v) is 5.75. The molecule has 2 heterocycles. The van der Waals surface area contributed by atoms with Gasteiger partial charge in [0.2, 0.25) is 0 Å². The average molecular weight is 382 g/mol. The van der Waals surface area contributed by atoms with E-state index in [0.29, 0.717) is 13.2 Å². The molecular weight excluding hydrogens is 355 g/mol. The smallest absolute Gasteiger partial charge is 0.257 e. The van der Waals surface area contributed by atoms with E-state index < -0.39 is 5.82 Å². The number of carbonyl (C=O) groups is 1. The maximum atomic E-state index is 14.5. The highest BCUT2D eigenvalue weighted by molar-refractivity contribution is 5.95. The lowest BCUT2D eigenvalue weighted by Crippen LogP contribution is -2.51. The van der Waals surface area contributed by atoms with Crippen molar-refractivity contribution < 1.29 is 13.9 Å². The summed E-state index contributed by atoms with van der Waals surface area (Å²) >= 11 is 0. The minimum Gasteiger partial charge on any atom is -0.373 e. The lowest BCUT2D eigenvalue weighted by molar-refractivity contribution is -0.0708. The molecule has 0 saturated carbocycles. The first-order chi connectivity index (χ1) is 13.6. The van der Waals surface area contributed by atoms with E-state index in [1.165, 1.54) is 18.9 Å². The molecule has 0 N–H and O–H groups in total. The maximum Gasteiger partial charge on any atom is 0.257 e. The van der Waals surface area contributed by atoms with Gasteiger partial charge in [0.25, 0.3) is 5.91 Å². The number of hydrogen-bond acceptors (Lipinski definition) is 3. The molecule has 5 heteroatoms. The fourth-order valence-electron chi connectivity index (χ4n) is 4.33. The third kappa shape index (κ3) is 3.96. The number of likely N-dealkylation sites (tertiary alicyclic amines) is 1. The summed E-state index contributed by atoms with van der Waals surface area (Å²) in [5.41, 5.74) is 1.98. The van der Waals surface area contributed by atoms with Crippen molar-refractivity contribution in [2.45, 2.75) is 31.9 Å². The second-order valence-electron chi connectivity index (χ2n) is 7.75. The number of morpholine rings is 1. The third-order valence-electron chi connectivity index (χ3n) is 5.75. The molecule has 0 bridgehead atoms. The van der Waals surface area contributed by atoms with Gasteiger partial charge in [0, 0.05) is 13.1 Å². The van der Waals surface area contributed by atoms with Crippen LogP contribution >= 0.6 is 0 Å². The molecule has 2 saturated heterocycles. The van der Waals surface area contributed by atoms with Crippen LogP contribution in [0.2, 0.25) is 0 Å². The summed E-state index contributed by atoms with van der Waals surface area (Å²) in [6, 6.07) is 14.6. The highest BCUT2D eigenvalue weighted by atomic mass is 19.1. The molecule has 2 aliphatic heterocycles. The van der Waals surface area contributed by atoms with Crippen LogP contribution in [-0.4, -0.2) is 54.6 Å². The molecule has 0 radical (unpaired) electrons. The molecule has 2 fully saturated rings. The van der Waals surface area contributed by atoms with Crippen molar-refractivity contribution in [1.29, 1.82) is 0 Å². The monoisotopic (exact) mass is 382 g/mol. The second-order valence-corrected chi connectivity index (χ2v) is 7.75. The summed E-state index contributed by atoms with van der Waals surface area (Å²) in [5.74, 6) is -0.722. The van der Waals surface area contributed by atoms with Crippen LogP contribution in [0.15, 0.2) is 48.5 Å². The normalized spacial score (nSPS) is 23.1. The first-order valence-corrected chi connectivity index (χ1v) is 10.1. The van der Waals surface area contributed by atoms with Crippen molar-refractivity contribution >= 4 is 5.91 Å². The Labute approximate surface area is 165 Å². The first-order valence-electron chi connectivity index (χ1n) is 10.1. The van der Waals surface area contributed by atoms with Gasteiger partial charge in [-0.1, -0.05) is 36.4 Å². The molecule has 148 valence electrons. The first kappa shape index (κ1) is 19.1. The number of rotatable bonds is 4. The lowest BCUT2D eigenvalue weighted by Gasteiger charge is -2.42. The Balaban J connectivity index is 1.66. The number of benzene rings is 2. The molecule has 0 aliphatic carbocycles. The Kier molecular flexibility index (Phi) is 5.74. The lowest BCUT2D eigenvalue weighted by atomic mass is 9.96. The predicted octanol–water partition coefficient (Wildman–Crippen LogP) is 3.81. The van der Waals surface area contributed by atoms with Crippen LogP contribution in [0.4, 0.5) is 4.39 Å². The second kappa shape index (κ2) is 8.41. The largest absolute Gasteiger partial charge is 0.373 e. The Morgan fingerprint density at radius 2 is 1.86 bits per heavy atom. The molecule has 0 unspecified atom stereocenters. The van der Waals surface area contributed by atoms with Gasteiger partial charge >= 0.3 is 0 Å². The number of halogens is 1. The zero-order chi connectivity index (χ0) is 19.5. The number of amides is 1. The number of nitrogens with zero attached hydrogens (tertiary/aromatic N) is 2. The number of carbonyl (C=O) groups excluding carboxylic acids is 1. The van der Waals surface area contributed by atoms with Gasteiger partial charge in [0.15, 0.2) is 0 Å². The topological polar surface area (TPSA) is 32.8 Å². The highest BCUT2D eigenvalue weighted by Gasteiger charge is 2.38. The van der Waals surface area contributed by atoms with Crippen LogP contribution in [0.5, 0.6) is 0 Å². The van der Waals surface area contributed by atoms with Crippen LogP contribution in [0.25, 0.3) is 0 Å². The fraction of sp³-hybridized carbons (Fsp3) is 0.435. The van der Waals surface area contributed by atoms with Gasteiger partial charge in [0.05, 0.1) is 24.3 Å². The molecule has 2 atom stereocenters. The van der Waals surface area contributed by atoms with Gasteiger partial charge in [-0.25, -0.2) is 4.39 Å². The Bertz CT molecular complexity index is 821. The molecule has 4 rings (SSSR count). The van der Waals surface area contributed by atoms with E-state index in [4.69, 9.17) is 4.74 Å². The van der Waals surface area contributed by atoms with E-state index >= 15 is 0 Å². The summed E-state index contributed by atoms with van der Waals surface area (Å²) in [7, 11) is 0. The van der Waals surface area contributed by atoms with Crippen LogP contribution < -0.4 is 0 Å². The molecule has 0 spiro atoms. The van der Waals surface area contributed by atoms with Crippen LogP contribution in [0.1, 0.15) is 40.4 Å². The summed E-state index contributed by atoms with van der Waals surface area (Å²) < 4.78 is 20.7. The number of ether oxygens (including phenoxy) is 1. The Morgan fingerprint density at radius 1 is 1.11 bits per heavy atom. The van der Waals surface area contributed by atoms with Gasteiger partial charge in [-0.05, 0) is 56.1 Å². The molecule has 4 nitrogen and oxygen atoms in total. The van der Waals surface area contributed by atoms with Crippen molar-refractivity contribution in [3.8, 4) is 0 Å². The molecule has 0 aromatic heterocycles. The fourth-order valence-corrected chi connectivity index (χ4v) is 4.33. The van der Waals surface area contributed by atoms with Gasteiger partial charge in [0.1, 0.15) is 5.82 Å². The van der Waals surface area contributed by atoms with Gasteiger partial charge in [-0.15, -0.1) is 0 Å². The summed E-state index contributed by atoms with van der Waals surface area (Å²) in [6.07, 6.45) is 2.30. The van der Waals surface area contributed by atoms with Crippen LogP contribution in [0.3, 0.4) is 0 Å². The highest BCUT2D eigenvalue weighted by Crippen LogP contribution is 2.32. The minimum atomic E-state index is -0.459. The zero-order valence-electron chi connectivity index (χ0n) is 16.3. The molecule has 28 heavy (non-hydrogen) atoms. The van der Waals surface area contributed by atoms with E-state index in [-0.39, 0.29) is 23.6 Å². The van der Waals surface area contributed by atoms with Crippen molar-refractivity contribution in [3.63, 3.8) is 0 Å². The predicted molar refractivity (Wildman–Crippen MR) is 107 cm³/mol. The van der Waals surface area contributed by atoms with Gasteiger partial charge in [-0.2, -0.15) is 0 Å². The molecular formula is C23H27FN2O2. The summed E-state index contributed by atoms with van der Waals surface area (Å²) in [5, 5.41) is 0. The Hall–Kier alpha value is -2.24. The standard InChI is InChI=1S/C23H27FN2O2/c1-17-9-10-19(20(24)15-17)23(27)26-13-14-28-21(16-25-11-5-6-12-25)22(26)18-7-3-2-4-8-18/h2-4,7-10,15,21-22H,5-6,11-14,16H2,1H3/t21-,22-/m0/s1. The van der Waals surface area contributed by atoms with Crippen molar-refractivity contribution in [2.24, 2.45) is 0 Å². The summed E-state index contributed by atoms with van der Waals surface area (Å²) in [6.45, 7) is 5.69.